The van der Waals surface area contributed by atoms with E-state index in [4.69, 9.17) is 0 Å². The molecular formula is C2H2FNO2. The maximum Gasteiger partial charge on any atom is 0.443 e. The summed E-state index contributed by atoms with van der Waals surface area (Å²) in [7, 11) is 0. The maximum absolute atomic E-state index is 11.3. The Bertz CT molecular complexity index is 83.6. The molecule has 0 spiro atoms. The van der Waals surface area contributed by atoms with Gasteiger partial charge in [-0.1, -0.05) is 4.48 Å². The van der Waals surface area contributed by atoms with Crippen LogP contribution >= 0.6 is 0 Å². The lowest BCUT2D eigenvalue weighted by Gasteiger charge is -2.19. The third kappa shape index (κ3) is 0.230. The number of hydrogen-bond acceptors (Lipinski definition) is 2. The lowest BCUT2D eigenvalue weighted by atomic mass is 10.9. The molecule has 1 aliphatic heterocycles. The van der Waals surface area contributed by atoms with Crippen molar-refractivity contribution in [3.05, 3.63) is 0 Å². The molecule has 1 fully saturated rings. The highest BCUT2D eigenvalue weighted by molar-refractivity contribution is 5.69. The number of nitrogens with zero attached hydrogens (tertiary/aromatic N) is 1. The van der Waals surface area contributed by atoms with Gasteiger partial charge in [-0.3, -0.25) is 0 Å². The van der Waals surface area contributed by atoms with E-state index in [1.54, 1.807) is 0 Å². The van der Waals surface area contributed by atoms with Gasteiger partial charge in [0.2, 0.25) is 6.73 Å². The molecule has 0 aromatic rings. The van der Waals surface area contributed by atoms with Crippen LogP contribution in [-0.4, -0.2) is 17.9 Å². The molecule has 1 amide bonds. The summed E-state index contributed by atoms with van der Waals surface area (Å²) in [6, 6.07) is 0. The van der Waals surface area contributed by atoms with Crippen LogP contribution < -0.4 is 0 Å². The molecule has 0 atom stereocenters. The van der Waals surface area contributed by atoms with Crippen LogP contribution in [0.2, 0.25) is 0 Å². The Hall–Kier alpha value is -0.800. The van der Waals surface area contributed by atoms with Crippen molar-refractivity contribution in [3.63, 3.8) is 0 Å². The van der Waals surface area contributed by atoms with Gasteiger partial charge in [-0.25, -0.2) is 4.79 Å². The van der Waals surface area contributed by atoms with Gasteiger partial charge >= 0.3 is 6.09 Å². The highest BCUT2D eigenvalue weighted by atomic mass is 19.2. The van der Waals surface area contributed by atoms with Gasteiger partial charge in [0, 0.05) is 0 Å². The van der Waals surface area contributed by atoms with Gasteiger partial charge in [0.25, 0.3) is 0 Å². The van der Waals surface area contributed by atoms with Gasteiger partial charge in [-0.15, -0.1) is 5.12 Å². The van der Waals surface area contributed by atoms with Gasteiger partial charge in [-0.05, 0) is 0 Å². The van der Waals surface area contributed by atoms with Crippen LogP contribution in [0.5, 0.6) is 0 Å². The summed E-state index contributed by atoms with van der Waals surface area (Å²) in [5.74, 6) is 0. The van der Waals surface area contributed by atoms with Gasteiger partial charge < -0.3 is 4.74 Å². The normalized spacial score (nSPS) is 19.5. The molecule has 1 saturated heterocycles. The predicted molar refractivity (Wildman–Crippen MR) is 14.3 cm³/mol. The summed E-state index contributed by atoms with van der Waals surface area (Å²) in [6.45, 7) is -0.209. The Morgan fingerprint density at radius 1 is 2.00 bits per heavy atom. The third-order valence-electron chi connectivity index (χ3n) is 0.499. The summed E-state index contributed by atoms with van der Waals surface area (Å²) >= 11 is 0. The molecule has 34 valence electrons. The lowest BCUT2D eigenvalue weighted by molar-refractivity contribution is -0.121. The smallest absolute Gasteiger partial charge is 0.423 e. The van der Waals surface area contributed by atoms with E-state index < -0.39 is 6.09 Å². The molecule has 4 heteroatoms. The van der Waals surface area contributed by atoms with Gasteiger partial charge in [0.1, 0.15) is 0 Å². The number of carbonyl (C=O) groups excluding carboxylic acids is 1. The first-order valence-corrected chi connectivity index (χ1v) is 1.41. The predicted octanol–water partition coefficient (Wildman–Crippen LogP) is 0.281. The molecule has 0 bridgehead atoms. The first-order chi connectivity index (χ1) is 2.80. The summed E-state index contributed by atoms with van der Waals surface area (Å²) in [5, 5.41) is -0.0139. The van der Waals surface area contributed by atoms with Crippen molar-refractivity contribution in [1.82, 2.24) is 5.12 Å². The first kappa shape index (κ1) is 3.39. The summed E-state index contributed by atoms with van der Waals surface area (Å²) < 4.78 is 15.2. The second-order valence-corrected chi connectivity index (χ2v) is 0.901. The number of hydrogen-bond donors (Lipinski definition) is 0. The van der Waals surface area contributed by atoms with E-state index in [9.17, 15) is 9.28 Å². The minimum Gasteiger partial charge on any atom is -0.423 e. The van der Waals surface area contributed by atoms with Crippen LogP contribution in [0.1, 0.15) is 0 Å². The van der Waals surface area contributed by atoms with E-state index in [-0.39, 0.29) is 11.9 Å². The van der Waals surface area contributed by atoms with Crippen molar-refractivity contribution in [3.8, 4) is 0 Å². The van der Waals surface area contributed by atoms with Crippen LogP contribution in [0.3, 0.4) is 0 Å². The van der Waals surface area contributed by atoms with Gasteiger partial charge in [-0.2, -0.15) is 0 Å². The zero-order chi connectivity index (χ0) is 4.57. The topological polar surface area (TPSA) is 29.5 Å². The Kier molecular flexibility index (Phi) is 0.469. The highest BCUT2D eigenvalue weighted by Gasteiger charge is 2.24. The minimum atomic E-state index is -0.894. The van der Waals surface area contributed by atoms with Crippen molar-refractivity contribution in [2.45, 2.75) is 0 Å². The zero-order valence-electron chi connectivity index (χ0n) is 2.85. The Balaban J connectivity index is 2.39. The molecule has 0 radical (unpaired) electrons. The Morgan fingerprint density at radius 3 is 2.50 bits per heavy atom. The van der Waals surface area contributed by atoms with Crippen LogP contribution in [0.25, 0.3) is 0 Å². The summed E-state index contributed by atoms with van der Waals surface area (Å²) in [4.78, 5) is 9.56. The summed E-state index contributed by atoms with van der Waals surface area (Å²) in [6.07, 6.45) is -0.894. The number of amides is 1. The van der Waals surface area contributed by atoms with Crippen LogP contribution in [0.15, 0.2) is 0 Å². The van der Waals surface area contributed by atoms with E-state index in [0.717, 1.165) is 0 Å². The fourth-order valence-electron chi connectivity index (χ4n) is 0.166. The third-order valence-corrected chi connectivity index (χ3v) is 0.499. The molecule has 0 N–H and O–H groups in total. The molecule has 6 heavy (non-hydrogen) atoms. The largest absolute Gasteiger partial charge is 0.443 e. The monoisotopic (exact) mass is 91.0 g/mol. The van der Waals surface area contributed by atoms with Gasteiger partial charge in [0.15, 0.2) is 0 Å². The van der Waals surface area contributed by atoms with Crippen LogP contribution in [0, 0.1) is 0 Å². The standard InChI is InChI=1S/C2H2FNO2/c3-4-1-6-2(4)5/h1H2. The van der Waals surface area contributed by atoms with E-state index in [1.807, 2.05) is 0 Å². The molecule has 0 unspecified atom stereocenters. The Labute approximate surface area is 33.2 Å². The van der Waals surface area contributed by atoms with Crippen LogP contribution in [-0.2, 0) is 4.74 Å². The zero-order valence-corrected chi connectivity index (χ0v) is 2.85. The average molecular weight is 91.0 g/mol. The van der Waals surface area contributed by atoms with Crippen molar-refractivity contribution < 1.29 is 14.0 Å². The number of cyclic esters (lactones) is 1. The SMILES string of the molecule is O=C1OCN1F. The number of ether oxygens (including phenoxy) is 1. The quantitative estimate of drug-likeness (QED) is 0.401. The molecule has 1 heterocycles. The molecule has 1 aliphatic rings. The van der Waals surface area contributed by atoms with Gasteiger partial charge in [0.05, 0.1) is 0 Å². The fourth-order valence-corrected chi connectivity index (χ4v) is 0.166. The minimum absolute atomic E-state index is 0.0139. The van der Waals surface area contributed by atoms with E-state index >= 15 is 0 Å². The Morgan fingerprint density at radius 2 is 2.50 bits per heavy atom. The molecular weight excluding hydrogens is 89.0 g/mol. The van der Waals surface area contributed by atoms with E-state index in [0.29, 0.717) is 0 Å². The van der Waals surface area contributed by atoms with Crippen molar-refractivity contribution in [1.29, 1.82) is 0 Å². The highest BCUT2D eigenvalue weighted by Crippen LogP contribution is 2.04. The molecule has 0 aliphatic carbocycles. The molecule has 0 aromatic carbocycles. The lowest BCUT2D eigenvalue weighted by Crippen LogP contribution is -2.38. The number of rotatable bonds is 0. The average Bonchev–Trinajstić information content (AvgIpc) is 1.61. The maximum atomic E-state index is 11.3. The van der Waals surface area contributed by atoms with E-state index in [1.165, 1.54) is 0 Å². The number of halogens is 1. The van der Waals surface area contributed by atoms with Crippen molar-refractivity contribution in [2.24, 2.45) is 0 Å². The first-order valence-electron chi connectivity index (χ1n) is 1.41. The molecule has 0 saturated carbocycles. The molecule has 0 aromatic heterocycles. The van der Waals surface area contributed by atoms with Crippen LogP contribution in [0.4, 0.5) is 9.28 Å². The second kappa shape index (κ2) is 0.830. The fraction of sp³-hybridized carbons (Fsp3) is 0.500. The van der Waals surface area contributed by atoms with Crippen molar-refractivity contribution >= 4 is 6.09 Å². The van der Waals surface area contributed by atoms with E-state index in [2.05, 4.69) is 4.74 Å². The molecule has 3 nitrogen and oxygen atoms in total. The summed E-state index contributed by atoms with van der Waals surface area (Å²) in [5.41, 5.74) is 0. The van der Waals surface area contributed by atoms with Crippen molar-refractivity contribution in [2.75, 3.05) is 6.73 Å². The molecule has 1 rings (SSSR count). The second-order valence-electron chi connectivity index (χ2n) is 0.901. The number of carbonyl (C=O) groups is 1.